The monoisotopic (exact) mass is 502 g/mol. The quantitative estimate of drug-likeness (QED) is 0.0796. The van der Waals surface area contributed by atoms with Crippen LogP contribution in [0, 0.1) is 5.92 Å². The molecule has 2 rings (SSSR count). The number of aryl methyl sites for hydroxylation is 1. The number of hydrogen-bond donors (Lipinski definition) is 0. The summed E-state index contributed by atoms with van der Waals surface area (Å²) in [6.07, 6.45) is 23.0. The summed E-state index contributed by atoms with van der Waals surface area (Å²) in [6.45, 7) is 10.7. The van der Waals surface area contributed by atoms with Crippen LogP contribution in [0.15, 0.2) is 36.7 Å². The number of aromatic nitrogens is 1. The third-order valence-corrected chi connectivity index (χ3v) is 7.01. The molecular formula is C31H52NO4+. The SMILES string of the molecule is C=C(C)C(=O)OCCCCCCCCCC[n+]1ccc(C2OCC(CCCCCCCC)CO2)cc1. The van der Waals surface area contributed by atoms with Gasteiger partial charge in [-0.05, 0) is 26.2 Å². The van der Waals surface area contributed by atoms with Gasteiger partial charge in [0.15, 0.2) is 18.7 Å². The van der Waals surface area contributed by atoms with Crippen LogP contribution in [0.5, 0.6) is 0 Å². The predicted molar refractivity (Wildman–Crippen MR) is 145 cm³/mol. The number of rotatable bonds is 20. The minimum absolute atomic E-state index is 0.210. The minimum atomic E-state index is -0.273. The number of hydrogen-bond acceptors (Lipinski definition) is 4. The van der Waals surface area contributed by atoms with Crippen molar-refractivity contribution in [2.75, 3.05) is 19.8 Å². The molecular weight excluding hydrogens is 450 g/mol. The van der Waals surface area contributed by atoms with Gasteiger partial charge in [-0.1, -0.05) is 84.1 Å². The number of pyridine rings is 1. The molecule has 5 nitrogen and oxygen atoms in total. The van der Waals surface area contributed by atoms with Gasteiger partial charge < -0.3 is 14.2 Å². The first-order chi connectivity index (χ1) is 17.6. The zero-order valence-corrected chi connectivity index (χ0v) is 23.2. The van der Waals surface area contributed by atoms with Crippen LogP contribution in [0.2, 0.25) is 0 Å². The Morgan fingerprint density at radius 3 is 2.06 bits per heavy atom. The highest BCUT2D eigenvalue weighted by Gasteiger charge is 2.23. The summed E-state index contributed by atoms with van der Waals surface area (Å²) < 4.78 is 19.5. The molecule has 1 fully saturated rings. The summed E-state index contributed by atoms with van der Waals surface area (Å²) in [7, 11) is 0. The molecule has 0 aliphatic carbocycles. The number of ether oxygens (including phenoxy) is 3. The van der Waals surface area contributed by atoms with Gasteiger partial charge in [-0.15, -0.1) is 0 Å². The summed E-state index contributed by atoms with van der Waals surface area (Å²) in [6, 6.07) is 4.29. The van der Waals surface area contributed by atoms with Gasteiger partial charge in [-0.25, -0.2) is 9.36 Å². The van der Waals surface area contributed by atoms with E-state index in [2.05, 4.69) is 42.6 Å². The Labute approximate surface area is 220 Å². The lowest BCUT2D eigenvalue weighted by Gasteiger charge is -2.29. The van der Waals surface area contributed by atoms with E-state index in [9.17, 15) is 4.79 Å². The molecule has 0 bridgehead atoms. The van der Waals surface area contributed by atoms with Crippen molar-refractivity contribution in [2.45, 2.75) is 123 Å². The number of unbranched alkanes of at least 4 members (excludes halogenated alkanes) is 12. The third kappa shape index (κ3) is 13.5. The molecule has 1 aliphatic heterocycles. The zero-order valence-electron chi connectivity index (χ0n) is 23.2. The van der Waals surface area contributed by atoms with Crippen molar-refractivity contribution in [2.24, 2.45) is 5.92 Å². The van der Waals surface area contributed by atoms with Crippen LogP contribution in [0.25, 0.3) is 0 Å². The second kappa shape index (κ2) is 19.4. The van der Waals surface area contributed by atoms with Crippen molar-refractivity contribution in [3.8, 4) is 0 Å². The van der Waals surface area contributed by atoms with Gasteiger partial charge in [-0.2, -0.15) is 0 Å². The number of nitrogens with zero attached hydrogens (tertiary/aromatic N) is 1. The first kappa shape index (κ1) is 30.5. The van der Waals surface area contributed by atoms with E-state index in [1.807, 2.05) is 0 Å². The Balaban J connectivity index is 1.45. The summed E-state index contributed by atoms with van der Waals surface area (Å²) >= 11 is 0. The van der Waals surface area contributed by atoms with E-state index in [4.69, 9.17) is 14.2 Å². The fourth-order valence-electron chi connectivity index (χ4n) is 4.64. The number of esters is 1. The molecule has 0 atom stereocenters. The van der Waals surface area contributed by atoms with Crippen LogP contribution < -0.4 is 4.57 Å². The highest BCUT2D eigenvalue weighted by molar-refractivity contribution is 5.86. The largest absolute Gasteiger partial charge is 0.462 e. The lowest BCUT2D eigenvalue weighted by molar-refractivity contribution is -0.697. The average molecular weight is 503 g/mol. The Morgan fingerprint density at radius 1 is 0.889 bits per heavy atom. The van der Waals surface area contributed by atoms with Gasteiger partial charge >= 0.3 is 5.97 Å². The second-order valence-electron chi connectivity index (χ2n) is 10.5. The fraction of sp³-hybridized carbons (Fsp3) is 0.742. The first-order valence-electron chi connectivity index (χ1n) is 14.6. The molecule has 1 aromatic heterocycles. The smallest absolute Gasteiger partial charge is 0.333 e. The van der Waals surface area contributed by atoms with E-state index >= 15 is 0 Å². The minimum Gasteiger partial charge on any atom is -0.462 e. The Morgan fingerprint density at radius 2 is 1.44 bits per heavy atom. The molecule has 0 unspecified atom stereocenters. The lowest BCUT2D eigenvalue weighted by Crippen LogP contribution is -2.33. The molecule has 0 saturated carbocycles. The highest BCUT2D eigenvalue weighted by Crippen LogP contribution is 2.26. The Bertz CT molecular complexity index is 710. The van der Waals surface area contributed by atoms with Crippen LogP contribution in [0.4, 0.5) is 0 Å². The maximum atomic E-state index is 11.3. The van der Waals surface area contributed by atoms with Crippen molar-refractivity contribution in [1.82, 2.24) is 0 Å². The number of carbonyl (C=O) groups excluding carboxylic acids is 1. The van der Waals surface area contributed by atoms with E-state index in [1.165, 1.54) is 83.5 Å². The fourth-order valence-corrected chi connectivity index (χ4v) is 4.64. The van der Waals surface area contributed by atoms with Crippen LogP contribution in [0.3, 0.4) is 0 Å². The van der Waals surface area contributed by atoms with Crippen molar-refractivity contribution < 1.29 is 23.6 Å². The van der Waals surface area contributed by atoms with Gasteiger partial charge in [-0.3, -0.25) is 0 Å². The molecule has 1 saturated heterocycles. The van der Waals surface area contributed by atoms with Crippen molar-refractivity contribution in [1.29, 1.82) is 0 Å². The predicted octanol–water partition coefficient (Wildman–Crippen LogP) is 7.63. The molecule has 0 radical (unpaired) electrons. The summed E-state index contributed by atoms with van der Waals surface area (Å²) in [4.78, 5) is 11.3. The van der Waals surface area contributed by atoms with Crippen molar-refractivity contribution in [3.05, 3.63) is 42.2 Å². The molecule has 204 valence electrons. The van der Waals surface area contributed by atoms with E-state index in [1.54, 1.807) is 6.92 Å². The molecule has 0 N–H and O–H groups in total. The molecule has 0 aromatic carbocycles. The maximum Gasteiger partial charge on any atom is 0.333 e. The van der Waals surface area contributed by atoms with Crippen LogP contribution in [0.1, 0.15) is 122 Å². The van der Waals surface area contributed by atoms with Crippen LogP contribution in [-0.2, 0) is 25.5 Å². The molecule has 1 aliphatic rings. The van der Waals surface area contributed by atoms with E-state index in [0.717, 1.165) is 38.2 Å². The normalized spacial score (nSPS) is 17.7. The standard InChI is InChI=1S/C31H52NO4/c1-4-5-6-7-12-15-18-28-25-35-31(36-26-28)29-19-22-32(23-20-29)21-16-13-10-8-9-11-14-17-24-34-30(33)27(2)3/h19-20,22-23,28,31H,2,4-18,21,24-26H2,1,3H3/q+1. The van der Waals surface area contributed by atoms with Crippen LogP contribution in [-0.4, -0.2) is 25.8 Å². The third-order valence-electron chi connectivity index (χ3n) is 7.01. The lowest BCUT2D eigenvalue weighted by atomic mass is 10.0. The maximum absolute atomic E-state index is 11.3. The molecule has 1 aromatic rings. The molecule has 5 heteroatoms. The molecule has 0 spiro atoms. The molecule has 36 heavy (non-hydrogen) atoms. The second-order valence-corrected chi connectivity index (χ2v) is 10.5. The number of carbonyl (C=O) groups is 1. The van der Waals surface area contributed by atoms with Gasteiger partial charge in [0.2, 0.25) is 0 Å². The van der Waals surface area contributed by atoms with Gasteiger partial charge in [0, 0.05) is 35.6 Å². The van der Waals surface area contributed by atoms with E-state index < -0.39 is 0 Å². The Kier molecular flexibility index (Phi) is 16.4. The summed E-state index contributed by atoms with van der Waals surface area (Å²) in [5, 5.41) is 0. The highest BCUT2D eigenvalue weighted by atomic mass is 16.7. The molecule has 0 amide bonds. The zero-order chi connectivity index (χ0) is 25.8. The van der Waals surface area contributed by atoms with E-state index in [0.29, 0.717) is 18.1 Å². The van der Waals surface area contributed by atoms with Crippen molar-refractivity contribution >= 4 is 5.97 Å². The first-order valence-corrected chi connectivity index (χ1v) is 14.6. The summed E-state index contributed by atoms with van der Waals surface area (Å²) in [5.41, 5.74) is 1.60. The van der Waals surface area contributed by atoms with Crippen LogP contribution >= 0.6 is 0 Å². The van der Waals surface area contributed by atoms with Gasteiger partial charge in [0.05, 0.1) is 19.8 Å². The van der Waals surface area contributed by atoms with Gasteiger partial charge in [0.1, 0.15) is 6.54 Å². The van der Waals surface area contributed by atoms with Gasteiger partial charge in [0.25, 0.3) is 0 Å². The van der Waals surface area contributed by atoms with Crippen molar-refractivity contribution in [3.63, 3.8) is 0 Å². The molecule has 2 heterocycles. The average Bonchev–Trinajstić information content (AvgIpc) is 2.90. The summed E-state index contributed by atoms with van der Waals surface area (Å²) in [5.74, 6) is 0.276. The topological polar surface area (TPSA) is 48.6 Å². The van der Waals surface area contributed by atoms with E-state index in [-0.39, 0.29) is 12.3 Å². The Hall–Kier alpha value is -1.72.